The molecule has 3 rings (SSSR count). The third-order valence-corrected chi connectivity index (χ3v) is 4.81. The van der Waals surface area contributed by atoms with Crippen molar-refractivity contribution in [2.75, 3.05) is 26.2 Å². The number of piperidine rings is 1. The van der Waals surface area contributed by atoms with Crippen molar-refractivity contribution in [2.45, 2.75) is 51.6 Å². The average Bonchev–Trinajstić information content (AvgIpc) is 2.88. The molecule has 0 aliphatic carbocycles. The molecule has 142 valence electrons. The van der Waals surface area contributed by atoms with Crippen molar-refractivity contribution in [1.82, 2.24) is 15.5 Å². The van der Waals surface area contributed by atoms with Crippen molar-refractivity contribution in [1.29, 1.82) is 0 Å². The molecule has 1 aromatic carbocycles. The summed E-state index contributed by atoms with van der Waals surface area (Å²) in [6.07, 6.45) is 4.82. The number of benzene rings is 1. The molecule has 2 aliphatic heterocycles. The minimum atomic E-state index is -0.604. The number of ether oxygens (including phenoxy) is 1. The van der Waals surface area contributed by atoms with E-state index in [-0.39, 0.29) is 5.91 Å². The number of carbonyl (C=O) groups excluding carboxylic acids is 1. The molecule has 1 saturated heterocycles. The molecule has 0 atom stereocenters. The van der Waals surface area contributed by atoms with Gasteiger partial charge in [0.05, 0.1) is 6.61 Å². The molecular formula is C20H30N4O2. The Balaban J connectivity index is 1.36. The highest BCUT2D eigenvalue weighted by Crippen LogP contribution is 2.17. The zero-order chi connectivity index (χ0) is 18.4. The topological polar surface area (TPSA) is 66.0 Å². The van der Waals surface area contributed by atoms with Gasteiger partial charge < -0.3 is 15.4 Å². The van der Waals surface area contributed by atoms with E-state index >= 15 is 0 Å². The fourth-order valence-electron chi connectivity index (χ4n) is 3.28. The van der Waals surface area contributed by atoms with Crippen LogP contribution in [0, 0.1) is 0 Å². The summed E-state index contributed by atoms with van der Waals surface area (Å²) in [7, 11) is 0. The first kappa shape index (κ1) is 18.7. The summed E-state index contributed by atoms with van der Waals surface area (Å²) >= 11 is 0. The minimum absolute atomic E-state index is 0.137. The van der Waals surface area contributed by atoms with Crippen molar-refractivity contribution in [3.63, 3.8) is 0 Å². The summed E-state index contributed by atoms with van der Waals surface area (Å²) in [5.41, 5.74) is 0.709. The fourth-order valence-corrected chi connectivity index (χ4v) is 3.28. The maximum absolute atomic E-state index is 11.6. The lowest BCUT2D eigenvalue weighted by Crippen LogP contribution is -2.46. The minimum Gasteiger partial charge on any atom is -0.494 e. The number of hydrogen-bond acceptors (Lipinski definition) is 5. The van der Waals surface area contributed by atoms with Crippen LogP contribution in [0.1, 0.15) is 45.1 Å². The summed E-state index contributed by atoms with van der Waals surface area (Å²) in [6, 6.07) is 8.40. The molecule has 6 heteroatoms. The van der Waals surface area contributed by atoms with Gasteiger partial charge in [0.25, 0.3) is 5.91 Å². The first-order valence-corrected chi connectivity index (χ1v) is 9.62. The lowest BCUT2D eigenvalue weighted by atomic mass is 10.1. The van der Waals surface area contributed by atoms with E-state index < -0.39 is 5.54 Å². The van der Waals surface area contributed by atoms with Crippen molar-refractivity contribution in [2.24, 2.45) is 4.99 Å². The number of rotatable bonds is 7. The molecule has 1 aromatic rings. The van der Waals surface area contributed by atoms with Gasteiger partial charge in [-0.05, 0) is 63.9 Å². The van der Waals surface area contributed by atoms with Crippen LogP contribution >= 0.6 is 0 Å². The van der Waals surface area contributed by atoms with Crippen LogP contribution in [0.5, 0.6) is 5.75 Å². The van der Waals surface area contributed by atoms with Gasteiger partial charge in [0.1, 0.15) is 11.3 Å². The van der Waals surface area contributed by atoms with Gasteiger partial charge in [-0.2, -0.15) is 4.99 Å². The van der Waals surface area contributed by atoms with Crippen molar-refractivity contribution < 1.29 is 9.53 Å². The van der Waals surface area contributed by atoms with Crippen LogP contribution in [0.25, 0.3) is 0 Å². The summed E-state index contributed by atoms with van der Waals surface area (Å²) in [5.74, 6) is 1.34. The molecular weight excluding hydrogens is 328 g/mol. The van der Waals surface area contributed by atoms with Gasteiger partial charge in [-0.1, -0.05) is 18.6 Å². The average molecular weight is 358 g/mol. The number of carbonyl (C=O) groups is 1. The molecule has 0 aromatic heterocycles. The van der Waals surface area contributed by atoms with Gasteiger partial charge >= 0.3 is 0 Å². The molecule has 2 N–H and O–H groups in total. The summed E-state index contributed by atoms with van der Waals surface area (Å²) in [5, 5.41) is 6.23. The molecule has 0 saturated carbocycles. The Morgan fingerprint density at radius 3 is 2.81 bits per heavy atom. The van der Waals surface area contributed by atoms with Crippen LogP contribution in [0.15, 0.2) is 29.3 Å². The molecule has 0 radical (unpaired) electrons. The summed E-state index contributed by atoms with van der Waals surface area (Å²) in [4.78, 5) is 18.1. The second-order valence-electron chi connectivity index (χ2n) is 7.63. The maximum Gasteiger partial charge on any atom is 0.274 e. The van der Waals surface area contributed by atoms with Crippen LogP contribution in [0.2, 0.25) is 0 Å². The van der Waals surface area contributed by atoms with Crippen molar-refractivity contribution >= 4 is 11.9 Å². The number of hydrogen-bond donors (Lipinski definition) is 2. The van der Waals surface area contributed by atoms with Gasteiger partial charge in [0.15, 0.2) is 5.96 Å². The lowest BCUT2D eigenvalue weighted by molar-refractivity contribution is -0.121. The normalized spacial score (nSPS) is 19.8. The zero-order valence-corrected chi connectivity index (χ0v) is 15.9. The van der Waals surface area contributed by atoms with Crippen LogP contribution < -0.4 is 15.4 Å². The number of amides is 1. The van der Waals surface area contributed by atoms with Gasteiger partial charge in [-0.25, -0.2) is 0 Å². The summed E-state index contributed by atoms with van der Waals surface area (Å²) in [6.45, 7) is 8.41. The van der Waals surface area contributed by atoms with Crippen molar-refractivity contribution in [3.05, 3.63) is 29.8 Å². The number of guanidine groups is 1. The van der Waals surface area contributed by atoms with E-state index in [1.807, 2.05) is 19.9 Å². The number of likely N-dealkylation sites (tertiary alicyclic amines) is 1. The Bertz CT molecular complexity index is 651. The number of nitrogens with one attached hydrogen (secondary N) is 2. The number of aliphatic imine (C=N–C) groups is 1. The van der Waals surface area contributed by atoms with Crippen LogP contribution in [0.4, 0.5) is 0 Å². The van der Waals surface area contributed by atoms with E-state index in [4.69, 9.17) is 4.74 Å². The molecule has 26 heavy (non-hydrogen) atoms. The van der Waals surface area contributed by atoms with E-state index in [0.717, 1.165) is 18.7 Å². The monoisotopic (exact) mass is 358 g/mol. The highest BCUT2D eigenvalue weighted by Gasteiger charge is 2.34. The maximum atomic E-state index is 11.6. The Morgan fingerprint density at radius 1 is 1.27 bits per heavy atom. The van der Waals surface area contributed by atoms with Crippen LogP contribution in [-0.4, -0.2) is 48.5 Å². The Hall–Kier alpha value is -2.08. The molecule has 0 bridgehead atoms. The quantitative estimate of drug-likeness (QED) is 0.732. The van der Waals surface area contributed by atoms with Gasteiger partial charge in [0.2, 0.25) is 0 Å². The van der Waals surface area contributed by atoms with Crippen LogP contribution in [0.3, 0.4) is 0 Å². The highest BCUT2D eigenvalue weighted by molar-refractivity contribution is 6.05. The third-order valence-electron chi connectivity index (χ3n) is 4.81. The molecule has 0 unspecified atom stereocenters. The SMILES string of the molecule is CC1(C)NC(NCCCOc2cccc(CN3CCCCC3)c2)=NC1=O. The molecule has 2 heterocycles. The molecule has 1 amide bonds. The van der Waals surface area contributed by atoms with E-state index in [1.165, 1.54) is 37.9 Å². The molecule has 2 aliphatic rings. The smallest absolute Gasteiger partial charge is 0.274 e. The molecule has 1 fully saturated rings. The Morgan fingerprint density at radius 2 is 2.08 bits per heavy atom. The third kappa shape index (κ3) is 5.21. The van der Waals surface area contributed by atoms with Gasteiger partial charge in [0, 0.05) is 13.1 Å². The first-order valence-electron chi connectivity index (χ1n) is 9.62. The number of nitrogens with zero attached hydrogens (tertiary/aromatic N) is 2. The first-order chi connectivity index (χ1) is 12.5. The van der Waals surface area contributed by atoms with Crippen molar-refractivity contribution in [3.8, 4) is 5.75 Å². The predicted molar refractivity (Wildman–Crippen MR) is 103 cm³/mol. The van der Waals surface area contributed by atoms with E-state index in [9.17, 15) is 4.79 Å². The van der Waals surface area contributed by atoms with Crippen LogP contribution in [-0.2, 0) is 11.3 Å². The Labute approximate surface area is 156 Å². The second kappa shape index (κ2) is 8.54. The molecule has 6 nitrogen and oxygen atoms in total. The standard InChI is InChI=1S/C20H30N4O2/c1-20(2)18(25)22-19(23-20)21-10-7-13-26-17-9-6-8-16(14-17)15-24-11-4-3-5-12-24/h6,8-9,14H,3-5,7,10-13,15H2,1-2H3,(H2,21,22,23,25). The second-order valence-corrected chi connectivity index (χ2v) is 7.63. The van der Waals surface area contributed by atoms with E-state index in [2.05, 4.69) is 38.7 Å². The van der Waals surface area contributed by atoms with E-state index in [1.54, 1.807) is 0 Å². The van der Waals surface area contributed by atoms with E-state index in [0.29, 0.717) is 19.1 Å². The Kier molecular flexibility index (Phi) is 6.14. The highest BCUT2D eigenvalue weighted by atomic mass is 16.5. The fraction of sp³-hybridized carbons (Fsp3) is 0.600. The lowest BCUT2D eigenvalue weighted by Gasteiger charge is -2.26. The molecule has 0 spiro atoms. The zero-order valence-electron chi connectivity index (χ0n) is 15.9. The van der Waals surface area contributed by atoms with Gasteiger partial charge in [-0.15, -0.1) is 0 Å². The largest absolute Gasteiger partial charge is 0.494 e. The summed E-state index contributed by atoms with van der Waals surface area (Å²) < 4.78 is 5.88. The van der Waals surface area contributed by atoms with Gasteiger partial charge in [-0.3, -0.25) is 9.69 Å². The predicted octanol–water partition coefficient (Wildman–Crippen LogP) is 2.30.